The molecule has 3 saturated heterocycles. The van der Waals surface area contributed by atoms with Crippen molar-refractivity contribution in [2.75, 3.05) is 96.2 Å². The van der Waals surface area contributed by atoms with Crippen LogP contribution in [0.1, 0.15) is 269 Å². The van der Waals surface area contributed by atoms with E-state index in [0.29, 0.717) is 96.9 Å². The molecule has 8 heterocycles. The number of nitrogens with one attached hydrogen (secondary N) is 6. The van der Waals surface area contributed by atoms with Crippen LogP contribution in [0.3, 0.4) is 0 Å². The zero-order chi connectivity index (χ0) is 111. The molecule has 10 rings (SSSR count). The molecule has 3 aliphatic heterocycles. The Kier molecular flexibility index (Phi) is 73.7. The number of hydrogen-bond donors (Lipinski definition) is 8. The normalized spacial score (nSPS) is 13.9. The van der Waals surface area contributed by atoms with Crippen LogP contribution in [0.4, 0.5) is 45.8 Å². The number of carbonyl (C=O) groups excluding carboxylic acids is 8. The van der Waals surface area contributed by atoms with Crippen LogP contribution in [0.2, 0.25) is 0 Å². The first kappa shape index (κ1) is 145. The summed E-state index contributed by atoms with van der Waals surface area (Å²) in [5.74, 6) is 0.309. The van der Waals surface area contributed by atoms with Gasteiger partial charge in [0.25, 0.3) is 5.69 Å². The second-order valence-electron chi connectivity index (χ2n) is 42.9. The third-order valence-corrected chi connectivity index (χ3v) is 24.9. The van der Waals surface area contributed by atoms with Crippen LogP contribution in [0, 0.1) is 27.4 Å². The van der Waals surface area contributed by atoms with Crippen molar-refractivity contribution in [2.45, 2.75) is 322 Å². The van der Waals surface area contributed by atoms with E-state index >= 15 is 0 Å². The van der Waals surface area contributed by atoms with Crippen molar-refractivity contribution in [2.24, 2.45) is 28.7 Å². The number of ether oxygens (including phenoxy) is 7. The first-order chi connectivity index (χ1) is 67.9. The zero-order valence-corrected chi connectivity index (χ0v) is 110. The molecule has 48 heteroatoms. The number of esters is 1. The third-order valence-electron chi connectivity index (χ3n) is 20.7. The van der Waals surface area contributed by atoms with Gasteiger partial charge in [-0.05, 0) is 244 Å². The minimum absolute atomic E-state index is 0. The van der Waals surface area contributed by atoms with Gasteiger partial charge in [-0.3, -0.25) is 69.9 Å². The van der Waals surface area contributed by atoms with E-state index in [9.17, 15) is 48.5 Å². The second-order valence-corrected chi connectivity index (χ2v) is 63.9. The minimum Gasteiger partial charge on any atom is -0.444 e. The molecule has 0 unspecified atom stereocenters. The van der Waals surface area contributed by atoms with E-state index in [1.807, 2.05) is 40.0 Å². The number of Topliss-reactive ketones (excluding diaryl/α,β-unsaturated/α-hetero) is 1. The Bertz CT molecular complexity index is 4700. The van der Waals surface area contributed by atoms with Crippen LogP contribution >= 0.6 is 168 Å². The van der Waals surface area contributed by atoms with E-state index in [2.05, 4.69) is 289 Å². The SMILES string of the molecule is CC(C)(C)CC1CCN(C(C)(C)C)CC1.CC(C)(C)N1CCN(C(C)(C)C)CC1.CC(C)(C)NC1CCN(C(C)(C)C)CC1.CC(C)(C)OC(=O)NCCN.CC(C)(C)OC(=O)Nc1ccc(NC(=O)OCc2cncs2)cc1.CC(C)c1nc(CN(C)C(=O)N[C@H](C(=O)CC(=O)OCc2cncs2)C(C)C)cs1.Cl.I.II.I[I-]I.NCCNC(=O)OCc1cncs1.O=C(OCc1cncs1)Oc1ccc([N+](=O)[O-])cc1. The van der Waals surface area contributed by atoms with Gasteiger partial charge in [0.2, 0.25) is 0 Å². The Morgan fingerprint density at radius 2 is 0.899 bits per heavy atom. The summed E-state index contributed by atoms with van der Waals surface area (Å²) in [5.41, 5.74) is 20.0. The molecule has 36 nitrogen and oxygen atoms in total. The fourth-order valence-corrected chi connectivity index (χ4v) is 16.5. The molecule has 10 N–H and O–H groups in total. The molecule has 3 fully saturated rings. The average Bonchev–Trinajstić information content (AvgIpc) is 1.67. The summed E-state index contributed by atoms with van der Waals surface area (Å²) in [4.78, 5) is 139. The molecule has 0 bridgehead atoms. The zero-order valence-electron chi connectivity index (χ0n) is 91.7. The summed E-state index contributed by atoms with van der Waals surface area (Å²) < 4.78 is 34.8. The Balaban J connectivity index is 0. The maximum atomic E-state index is 12.6. The summed E-state index contributed by atoms with van der Waals surface area (Å²) in [7, 11) is 1.65. The summed E-state index contributed by atoms with van der Waals surface area (Å²) in [6, 6.07) is 11.3. The maximum Gasteiger partial charge on any atom is 0.514 e. The number of piperazine rings is 1. The van der Waals surface area contributed by atoms with Crippen LogP contribution in [0.15, 0.2) is 101 Å². The van der Waals surface area contributed by atoms with E-state index in [1.165, 1.54) is 159 Å². The monoisotopic (exact) mass is 2860 g/mol. The Morgan fingerprint density at radius 1 is 0.527 bits per heavy atom. The summed E-state index contributed by atoms with van der Waals surface area (Å²) in [5, 5.41) is 30.0. The van der Waals surface area contributed by atoms with Crippen molar-refractivity contribution in [3.05, 3.63) is 141 Å². The molecule has 6 amide bonds. The number of amides is 6. The number of nitro benzene ring substituents is 1. The van der Waals surface area contributed by atoms with Crippen LogP contribution in [0.5, 0.6) is 5.75 Å². The van der Waals surface area contributed by atoms with Gasteiger partial charge in [0.15, 0.2) is 5.78 Å². The number of aromatic nitrogens is 5. The Hall–Kier alpha value is -4.86. The number of nitro groups is 1. The fraction of sp³-hybridized carbons (Fsp3) is 0.650. The number of benzene rings is 2. The molecular formula is C100H167ClI6N19O17S5-. The van der Waals surface area contributed by atoms with E-state index in [-0.39, 0.29) is 97.5 Å². The van der Waals surface area contributed by atoms with Crippen molar-refractivity contribution < 1.29 is 89.7 Å². The van der Waals surface area contributed by atoms with E-state index in [1.54, 1.807) is 110 Å². The number of nitrogens with two attached hydrogens (primary N) is 2. The van der Waals surface area contributed by atoms with Gasteiger partial charge in [0.05, 0.1) is 69.8 Å². The van der Waals surface area contributed by atoms with Crippen molar-refractivity contribution >= 4 is 233 Å². The fourth-order valence-electron chi connectivity index (χ4n) is 13.7. The number of nitrogens with zero attached hydrogens (tertiary/aromatic N) is 11. The van der Waals surface area contributed by atoms with Gasteiger partial charge < -0.3 is 70.8 Å². The topological polar surface area (TPSA) is 449 Å². The number of carbonyl (C=O) groups is 8. The van der Waals surface area contributed by atoms with Crippen molar-refractivity contribution in [1.29, 1.82) is 0 Å². The van der Waals surface area contributed by atoms with Gasteiger partial charge in [0.1, 0.15) is 49.8 Å². The van der Waals surface area contributed by atoms with Gasteiger partial charge in [0, 0.05) is 203 Å². The van der Waals surface area contributed by atoms with Crippen LogP contribution in [0.25, 0.3) is 0 Å². The molecule has 5 aromatic heterocycles. The number of rotatable bonds is 26. The molecule has 3 aliphatic rings. The number of piperidine rings is 2. The standard InChI is InChI=1S/C20H28N4O4S2.C16H19N3O4S.C14H29N.C13H28N2.C12H26N2.C11H8N2O5S.C7H11N3O2S.C7H16N2O2.ClH.I3.I2.HI/c1-12(2)18(16(25)6-17(26)28-9-15-7-21-11-30-15)23-20(27)24(5)8-14-10-29-19(22-14)13(3)4;1-16(2,3)23-15(21)19-12-6-4-11(5-7-12)18-14(20)22-9-13-8-17-10-24-13;1-13(2,3)11-12-7-9-15(10-8-12)14(4,5)6;1-12(2,3)14-11-7-9-15(10-8-11)13(4,5)6;1-11(2,3)13-7-9-14(10-8-13)12(4,5)6;14-11(17-6-10-5-12-7-19-10)18-9-3-1-8(2-4-9)13(15)16;8-1-2-10-7(11)12-4-6-3-9-5-13-6;1-7(2,3)11-6(10)9-5-4-8;;1-3-2;1-2;/h7,10-13,18H,6,8-9H2,1-5H3,(H,23,27);4-8,10H,9H2,1-3H3,(H,18,20)(H,19,21);12H,7-11H2,1-6H3;11,14H,7-10H2,1-6H3;7-10H2,1-6H3;1-5,7H,6H2;3,5H,1-2,4,8H2,(H,10,11);4-5,8H2,1-3H3,(H,9,10);1H;;;1H/q;;;;;;;;;-1;;/t18-;;;;;;;;;;;/m0.........../s1. The predicted molar refractivity (Wildman–Crippen MR) is 644 cm³/mol. The number of non-ortho nitro benzene ring substituents is 1. The second kappa shape index (κ2) is 75.1. The number of halogens is 7. The largest absolute Gasteiger partial charge is 0.514 e. The minimum atomic E-state index is -0.873. The summed E-state index contributed by atoms with van der Waals surface area (Å²) >= 11 is 16.7. The molecule has 0 radical (unpaired) electrons. The molecule has 7 aromatic rings. The number of likely N-dealkylation sites (tertiary alicyclic amines) is 2. The molecule has 0 saturated carbocycles. The van der Waals surface area contributed by atoms with Crippen LogP contribution in [-0.4, -0.2) is 239 Å². The van der Waals surface area contributed by atoms with E-state index in [0.717, 1.165) is 36.1 Å². The maximum absolute atomic E-state index is 12.6. The molecule has 0 spiro atoms. The number of hydrogen-bond acceptors (Lipinski definition) is 34. The van der Waals surface area contributed by atoms with Crippen molar-refractivity contribution in [3.8, 4) is 5.75 Å². The van der Waals surface area contributed by atoms with E-state index < -0.39 is 65.1 Å². The first-order valence-electron chi connectivity index (χ1n) is 48.2. The van der Waals surface area contributed by atoms with Gasteiger partial charge in [-0.15, -0.1) is 93.1 Å². The number of ketones is 1. The Morgan fingerprint density at radius 3 is 1.25 bits per heavy atom. The van der Waals surface area contributed by atoms with Gasteiger partial charge in [-0.1, -0.05) is 48.5 Å². The predicted octanol–water partition coefficient (Wildman–Crippen LogP) is 21.8. The molecule has 844 valence electrons. The third kappa shape index (κ3) is 70.6. The van der Waals surface area contributed by atoms with Gasteiger partial charge >= 0.3 is 93.0 Å². The first-order valence-corrected chi connectivity index (χ1v) is 71.5. The smallest absolute Gasteiger partial charge is 0.444 e. The summed E-state index contributed by atoms with van der Waals surface area (Å²) in [6.07, 6.45) is 10.1. The average molecular weight is 2860 g/mol. The molecule has 148 heavy (non-hydrogen) atoms. The number of thiazole rings is 5. The molecule has 2 aromatic carbocycles. The van der Waals surface area contributed by atoms with E-state index in [4.69, 9.17) is 44.6 Å². The number of alkyl carbamates (subject to hydrolysis) is 2. The number of urea groups is 1. The molecule has 1 atom stereocenters. The summed E-state index contributed by atoms with van der Waals surface area (Å²) in [6.45, 7) is 72.8. The quantitative estimate of drug-likeness (QED) is 0.00475. The van der Waals surface area contributed by atoms with Crippen molar-refractivity contribution in [3.63, 3.8) is 0 Å². The molecule has 0 aliphatic carbocycles. The van der Waals surface area contributed by atoms with Crippen LogP contribution in [-0.2, 0) is 71.0 Å². The van der Waals surface area contributed by atoms with Gasteiger partial charge in [-0.25, -0.2) is 33.8 Å². The van der Waals surface area contributed by atoms with Crippen molar-refractivity contribution in [1.82, 2.24) is 70.7 Å². The van der Waals surface area contributed by atoms with Crippen LogP contribution < -0.4 is 61.4 Å². The number of anilines is 2. The van der Waals surface area contributed by atoms with Gasteiger partial charge in [-0.2, -0.15) is 0 Å². The molecular weight excluding hydrogens is 2700 g/mol. The Labute approximate surface area is 976 Å².